The van der Waals surface area contributed by atoms with Crippen LogP contribution in [0.5, 0.6) is 0 Å². The number of aliphatic hydroxyl groups is 1. The number of nitriles is 1. The molecule has 1 atom stereocenters. The fourth-order valence-corrected chi connectivity index (χ4v) is 6.19. The second-order valence-corrected chi connectivity index (χ2v) is 12.0. The SMILES string of the molecule is CCc1cnn(C2(CC#N)CN(c3cccn4nc(Nc5ccc(C(O)N(C)CC6CCN(C)CC6)cc5)nc34)C2)c1. The summed E-state index contributed by atoms with van der Waals surface area (Å²) in [5, 5.41) is 33.0. The Bertz CT molecular complexity index is 1540. The molecule has 4 aromatic rings. The average Bonchev–Trinajstić information content (AvgIpc) is 3.63. The zero-order valence-corrected chi connectivity index (χ0v) is 24.7. The number of anilines is 3. The molecule has 2 fully saturated rings. The maximum absolute atomic E-state index is 11.0. The highest BCUT2D eigenvalue weighted by atomic mass is 16.3. The number of piperidine rings is 1. The van der Waals surface area contributed by atoms with E-state index in [-0.39, 0.29) is 5.54 Å². The zero-order chi connectivity index (χ0) is 29.3. The van der Waals surface area contributed by atoms with Crippen LogP contribution in [0.1, 0.15) is 43.5 Å². The van der Waals surface area contributed by atoms with Crippen molar-refractivity contribution in [3.63, 3.8) is 0 Å². The Kier molecular flexibility index (Phi) is 7.86. The van der Waals surface area contributed by atoms with E-state index in [0.717, 1.165) is 48.6 Å². The van der Waals surface area contributed by atoms with Crippen molar-refractivity contribution in [3.8, 4) is 6.07 Å². The van der Waals surface area contributed by atoms with Gasteiger partial charge in [-0.05, 0) is 87.8 Å². The summed E-state index contributed by atoms with van der Waals surface area (Å²) in [6.07, 6.45) is 8.86. The maximum atomic E-state index is 11.0. The standard InChI is InChI=1S/C31H40N10O/c1-4-23-18-33-41(20-23)31(13-14-32)21-39(22-31)27-6-5-15-40-28(27)35-30(36-40)34-26-9-7-25(8-10-26)29(42)38(3)19-24-11-16-37(2)17-12-24/h5-10,15,18,20,24,29,42H,4,11-13,16-17,19,21-22H2,1-3H3,(H,34,36). The number of hydrogen-bond acceptors (Lipinski definition) is 9. The number of benzene rings is 1. The number of pyridine rings is 1. The van der Waals surface area contributed by atoms with Crippen molar-refractivity contribution >= 4 is 23.0 Å². The predicted molar refractivity (Wildman–Crippen MR) is 163 cm³/mol. The molecule has 0 radical (unpaired) electrons. The Balaban J connectivity index is 1.12. The van der Waals surface area contributed by atoms with E-state index in [1.165, 1.54) is 18.4 Å². The van der Waals surface area contributed by atoms with E-state index in [9.17, 15) is 10.4 Å². The highest BCUT2D eigenvalue weighted by Gasteiger charge is 2.46. The molecule has 11 nitrogen and oxygen atoms in total. The molecule has 6 rings (SSSR count). The van der Waals surface area contributed by atoms with Crippen molar-refractivity contribution in [2.45, 2.75) is 44.4 Å². The highest BCUT2D eigenvalue weighted by molar-refractivity contribution is 5.72. The topological polar surface area (TPSA) is 114 Å². The molecule has 0 saturated carbocycles. The molecule has 2 aliphatic heterocycles. The number of rotatable bonds is 10. The lowest BCUT2D eigenvalue weighted by Gasteiger charge is -2.50. The Morgan fingerprint density at radius 1 is 1.19 bits per heavy atom. The number of aryl methyl sites for hydroxylation is 1. The third-order valence-corrected chi connectivity index (χ3v) is 8.86. The van der Waals surface area contributed by atoms with Gasteiger partial charge in [0.25, 0.3) is 0 Å². The summed E-state index contributed by atoms with van der Waals surface area (Å²) in [6, 6.07) is 14.2. The van der Waals surface area contributed by atoms with E-state index in [1.807, 2.05) is 65.4 Å². The van der Waals surface area contributed by atoms with Gasteiger partial charge in [0.1, 0.15) is 11.8 Å². The van der Waals surface area contributed by atoms with Crippen LogP contribution >= 0.6 is 0 Å². The first kappa shape index (κ1) is 28.2. The molecular formula is C31H40N10O. The molecule has 2 N–H and O–H groups in total. The first-order valence-electron chi connectivity index (χ1n) is 14.8. The summed E-state index contributed by atoms with van der Waals surface area (Å²) in [5.74, 6) is 1.12. The van der Waals surface area contributed by atoms with E-state index in [2.05, 4.69) is 51.6 Å². The Hall–Kier alpha value is -3.98. The molecule has 11 heteroatoms. The Morgan fingerprint density at radius 3 is 2.64 bits per heavy atom. The predicted octanol–water partition coefficient (Wildman–Crippen LogP) is 3.63. The largest absolute Gasteiger partial charge is 0.374 e. The quantitative estimate of drug-likeness (QED) is 0.277. The van der Waals surface area contributed by atoms with Gasteiger partial charge in [0, 0.05) is 37.7 Å². The lowest BCUT2D eigenvalue weighted by atomic mass is 9.86. The number of likely N-dealkylation sites (tertiary alicyclic amines) is 1. The van der Waals surface area contributed by atoms with E-state index < -0.39 is 6.23 Å². The second-order valence-electron chi connectivity index (χ2n) is 12.0. The first-order valence-corrected chi connectivity index (χ1v) is 14.8. The van der Waals surface area contributed by atoms with Crippen LogP contribution in [0, 0.1) is 17.2 Å². The molecule has 2 aliphatic rings. The molecule has 3 aromatic heterocycles. The van der Waals surface area contributed by atoms with Gasteiger partial charge >= 0.3 is 0 Å². The smallest absolute Gasteiger partial charge is 0.247 e. The van der Waals surface area contributed by atoms with Gasteiger partial charge in [-0.3, -0.25) is 9.58 Å². The van der Waals surface area contributed by atoms with E-state index in [4.69, 9.17) is 4.98 Å². The van der Waals surface area contributed by atoms with Crippen molar-refractivity contribution < 1.29 is 5.11 Å². The van der Waals surface area contributed by atoms with Gasteiger partial charge in [-0.2, -0.15) is 15.3 Å². The Labute approximate surface area is 247 Å². The van der Waals surface area contributed by atoms with E-state index in [1.54, 1.807) is 4.52 Å². The highest BCUT2D eigenvalue weighted by Crippen LogP contribution is 2.37. The van der Waals surface area contributed by atoms with Crippen LogP contribution in [0.2, 0.25) is 0 Å². The number of fused-ring (bicyclic) bond motifs is 1. The molecule has 5 heterocycles. The molecule has 1 aromatic carbocycles. The number of nitrogens with zero attached hydrogens (tertiary/aromatic N) is 9. The first-order chi connectivity index (χ1) is 20.4. The lowest BCUT2D eigenvalue weighted by molar-refractivity contribution is 0.00474. The normalized spacial score (nSPS) is 18.2. The molecular weight excluding hydrogens is 528 g/mol. The van der Waals surface area contributed by atoms with Crippen molar-refractivity contribution in [1.29, 1.82) is 5.26 Å². The van der Waals surface area contributed by atoms with Gasteiger partial charge in [0.15, 0.2) is 5.65 Å². The van der Waals surface area contributed by atoms with Gasteiger partial charge < -0.3 is 20.2 Å². The fraction of sp³-hybridized carbons (Fsp3) is 0.484. The van der Waals surface area contributed by atoms with Crippen LogP contribution in [0.3, 0.4) is 0 Å². The van der Waals surface area contributed by atoms with Gasteiger partial charge in [0.2, 0.25) is 5.95 Å². The molecule has 0 bridgehead atoms. The van der Waals surface area contributed by atoms with Crippen molar-refractivity contribution in [2.75, 3.05) is 57.0 Å². The van der Waals surface area contributed by atoms with Crippen LogP contribution in [0.25, 0.3) is 5.65 Å². The summed E-state index contributed by atoms with van der Waals surface area (Å²) in [4.78, 5) is 11.4. The summed E-state index contributed by atoms with van der Waals surface area (Å²) < 4.78 is 3.75. The lowest BCUT2D eigenvalue weighted by Crippen LogP contribution is -2.63. The molecule has 0 aliphatic carbocycles. The van der Waals surface area contributed by atoms with Gasteiger partial charge in [0.05, 0.1) is 24.4 Å². The Morgan fingerprint density at radius 2 is 1.95 bits per heavy atom. The van der Waals surface area contributed by atoms with Crippen LogP contribution in [0.4, 0.5) is 17.3 Å². The summed E-state index contributed by atoms with van der Waals surface area (Å²) in [7, 11) is 4.16. The molecule has 2 saturated heterocycles. The molecule has 0 spiro atoms. The number of aromatic nitrogens is 5. The van der Waals surface area contributed by atoms with E-state index >= 15 is 0 Å². The third-order valence-electron chi connectivity index (χ3n) is 8.86. The molecule has 1 unspecified atom stereocenters. The van der Waals surface area contributed by atoms with Crippen molar-refractivity contribution in [2.24, 2.45) is 5.92 Å². The molecule has 42 heavy (non-hydrogen) atoms. The summed E-state index contributed by atoms with van der Waals surface area (Å²) >= 11 is 0. The number of aliphatic hydroxyl groups excluding tert-OH is 1. The third kappa shape index (κ3) is 5.57. The van der Waals surface area contributed by atoms with Gasteiger partial charge in [-0.25, -0.2) is 4.52 Å². The average molecular weight is 569 g/mol. The zero-order valence-electron chi connectivity index (χ0n) is 24.7. The van der Waals surface area contributed by atoms with Crippen LogP contribution < -0.4 is 10.2 Å². The number of hydrogen-bond donors (Lipinski definition) is 2. The molecule has 0 amide bonds. The molecule has 220 valence electrons. The number of nitrogens with one attached hydrogen (secondary N) is 1. The monoisotopic (exact) mass is 568 g/mol. The van der Waals surface area contributed by atoms with E-state index in [0.29, 0.717) is 31.4 Å². The van der Waals surface area contributed by atoms with Crippen molar-refractivity contribution in [3.05, 3.63) is 66.1 Å². The minimum Gasteiger partial charge on any atom is -0.374 e. The van der Waals surface area contributed by atoms with Crippen LogP contribution in [0.15, 0.2) is 55.0 Å². The fourth-order valence-electron chi connectivity index (χ4n) is 6.19. The van der Waals surface area contributed by atoms with Crippen LogP contribution in [-0.4, -0.2) is 86.1 Å². The summed E-state index contributed by atoms with van der Waals surface area (Å²) in [5.41, 5.74) is 4.27. The van der Waals surface area contributed by atoms with Crippen LogP contribution in [-0.2, 0) is 12.0 Å². The minimum atomic E-state index is -0.644. The second kappa shape index (κ2) is 11.7. The maximum Gasteiger partial charge on any atom is 0.247 e. The summed E-state index contributed by atoms with van der Waals surface area (Å²) in [6.45, 7) is 6.60. The van der Waals surface area contributed by atoms with Crippen molar-refractivity contribution in [1.82, 2.24) is 34.2 Å². The van der Waals surface area contributed by atoms with Gasteiger partial charge in [-0.1, -0.05) is 19.1 Å². The van der Waals surface area contributed by atoms with Gasteiger partial charge in [-0.15, -0.1) is 5.10 Å². The minimum absolute atomic E-state index is 0.344.